The second-order valence-corrected chi connectivity index (χ2v) is 10.3. The van der Waals surface area contributed by atoms with E-state index in [-0.39, 0.29) is 15.9 Å². The van der Waals surface area contributed by atoms with Crippen LogP contribution < -0.4 is 0 Å². The molecule has 1 aliphatic rings. The van der Waals surface area contributed by atoms with E-state index >= 15 is 0 Å². The Labute approximate surface area is 171 Å². The van der Waals surface area contributed by atoms with Crippen LogP contribution in [0.3, 0.4) is 0 Å². The molecule has 150 valence electrons. The Balaban J connectivity index is 1.66. The monoisotopic (exact) mass is 418 g/mol. The molecule has 3 rings (SSSR count). The number of rotatable bonds is 7. The summed E-state index contributed by atoms with van der Waals surface area (Å²) in [4.78, 5) is 17.1. The molecule has 28 heavy (non-hydrogen) atoms. The molecule has 1 aliphatic heterocycles. The van der Waals surface area contributed by atoms with Gasteiger partial charge in [0.15, 0.2) is 5.78 Å². The predicted molar refractivity (Wildman–Crippen MR) is 112 cm³/mol. The minimum absolute atomic E-state index is 0.0412. The maximum absolute atomic E-state index is 12.7. The van der Waals surface area contributed by atoms with Crippen LogP contribution in [0.25, 0.3) is 0 Å². The smallest absolute Gasteiger partial charge is 0.244 e. The number of ketones is 1. The van der Waals surface area contributed by atoms with Crippen LogP contribution in [0.1, 0.15) is 49.0 Å². The van der Waals surface area contributed by atoms with Gasteiger partial charge < -0.3 is 0 Å². The number of sulfonamides is 1. The Hall–Kier alpha value is -1.70. The summed E-state index contributed by atoms with van der Waals surface area (Å²) in [5.41, 5.74) is 1.88. The number of pyridine rings is 1. The van der Waals surface area contributed by atoms with Crippen molar-refractivity contribution >= 4 is 27.6 Å². The predicted octanol–water partition coefficient (Wildman–Crippen LogP) is 4.18. The molecule has 0 amide bonds. The number of nitrogens with zero attached hydrogens (tertiary/aromatic N) is 2. The first-order chi connectivity index (χ1) is 13.4. The van der Waals surface area contributed by atoms with Crippen LogP contribution in [0.2, 0.25) is 0 Å². The van der Waals surface area contributed by atoms with Crippen molar-refractivity contribution in [3.05, 3.63) is 53.7 Å². The summed E-state index contributed by atoms with van der Waals surface area (Å²) >= 11 is 1.34. The zero-order chi connectivity index (χ0) is 20.1. The number of benzene rings is 1. The Morgan fingerprint density at radius 1 is 1.11 bits per heavy atom. The molecule has 0 radical (unpaired) electrons. The molecule has 0 N–H and O–H groups in total. The van der Waals surface area contributed by atoms with Gasteiger partial charge in [0, 0.05) is 24.8 Å². The van der Waals surface area contributed by atoms with E-state index < -0.39 is 10.0 Å². The number of aryl methyl sites for hydroxylation is 1. The molecular weight excluding hydrogens is 392 g/mol. The Morgan fingerprint density at radius 2 is 1.79 bits per heavy atom. The number of piperidine rings is 1. The minimum Gasteiger partial charge on any atom is -0.293 e. The highest BCUT2D eigenvalue weighted by atomic mass is 32.2. The van der Waals surface area contributed by atoms with Gasteiger partial charge in [-0.05, 0) is 43.9 Å². The lowest BCUT2D eigenvalue weighted by molar-refractivity contribution is 0.0994. The van der Waals surface area contributed by atoms with Crippen LogP contribution in [0.5, 0.6) is 0 Å². The molecule has 1 saturated heterocycles. The number of carbonyl (C=O) groups excluding carboxylic acids is 1. The van der Waals surface area contributed by atoms with E-state index in [1.165, 1.54) is 27.8 Å². The highest BCUT2D eigenvalue weighted by Gasteiger charge is 2.26. The van der Waals surface area contributed by atoms with Crippen molar-refractivity contribution in [3.8, 4) is 0 Å². The lowest BCUT2D eigenvalue weighted by Crippen LogP contribution is -2.35. The van der Waals surface area contributed by atoms with E-state index in [1.54, 1.807) is 12.1 Å². The van der Waals surface area contributed by atoms with Crippen LogP contribution in [-0.4, -0.2) is 41.8 Å². The molecule has 0 aliphatic carbocycles. The van der Waals surface area contributed by atoms with Crippen molar-refractivity contribution in [1.82, 2.24) is 9.29 Å². The molecule has 1 unspecified atom stereocenters. The fraction of sp³-hybridized carbons (Fsp3) is 0.429. The normalized spacial score (nSPS) is 16.6. The van der Waals surface area contributed by atoms with Gasteiger partial charge in [0.1, 0.15) is 4.90 Å². The topological polar surface area (TPSA) is 67.3 Å². The Bertz CT molecular complexity index is 904. The summed E-state index contributed by atoms with van der Waals surface area (Å²) in [7, 11) is -3.48. The van der Waals surface area contributed by atoms with Crippen LogP contribution in [-0.2, 0) is 16.4 Å². The summed E-state index contributed by atoms with van der Waals surface area (Å²) in [6.45, 7) is 5.07. The molecule has 0 bridgehead atoms. The second-order valence-electron chi connectivity index (χ2n) is 6.97. The third kappa shape index (κ3) is 4.82. The maximum Gasteiger partial charge on any atom is 0.244 e. The average Bonchev–Trinajstić information content (AvgIpc) is 2.74. The maximum atomic E-state index is 12.7. The van der Waals surface area contributed by atoms with Gasteiger partial charge in [0.25, 0.3) is 0 Å². The van der Waals surface area contributed by atoms with Crippen molar-refractivity contribution < 1.29 is 13.2 Å². The van der Waals surface area contributed by atoms with Crippen LogP contribution >= 0.6 is 11.8 Å². The third-order valence-corrected chi connectivity index (χ3v) is 7.91. The van der Waals surface area contributed by atoms with Gasteiger partial charge in [-0.3, -0.25) is 4.79 Å². The Kier molecular flexibility index (Phi) is 6.91. The van der Waals surface area contributed by atoms with E-state index in [2.05, 4.69) is 11.9 Å². The van der Waals surface area contributed by atoms with Gasteiger partial charge in [-0.25, -0.2) is 13.4 Å². The van der Waals surface area contributed by atoms with Gasteiger partial charge in [0.2, 0.25) is 10.0 Å². The molecular formula is C21H26N2O3S2. The highest BCUT2D eigenvalue weighted by Crippen LogP contribution is 2.26. The molecule has 0 spiro atoms. The number of hydrogen-bond acceptors (Lipinski definition) is 5. The standard InChI is InChI=1S/C21H26N2O3S2/c1-3-17-7-9-18(10-8-17)21(24)16(2)27-20-12-11-19(15-22-20)28(25,26)23-13-5-4-6-14-23/h7-12,15-16H,3-6,13-14H2,1-2H3. The lowest BCUT2D eigenvalue weighted by atomic mass is 10.1. The number of carbonyl (C=O) groups is 1. The van der Waals surface area contributed by atoms with Crippen LogP contribution in [0.15, 0.2) is 52.5 Å². The van der Waals surface area contributed by atoms with Gasteiger partial charge in [-0.1, -0.05) is 49.4 Å². The minimum atomic E-state index is -3.48. The Morgan fingerprint density at radius 3 is 2.36 bits per heavy atom. The zero-order valence-corrected chi connectivity index (χ0v) is 17.9. The first kappa shape index (κ1) is 21.0. The molecule has 5 nitrogen and oxygen atoms in total. The quantitative estimate of drug-likeness (QED) is 0.498. The van der Waals surface area contributed by atoms with Crippen molar-refractivity contribution in [2.75, 3.05) is 13.1 Å². The number of thioether (sulfide) groups is 1. The fourth-order valence-electron chi connectivity index (χ4n) is 3.22. The van der Waals surface area contributed by atoms with Crippen LogP contribution in [0.4, 0.5) is 0 Å². The zero-order valence-electron chi connectivity index (χ0n) is 16.3. The summed E-state index contributed by atoms with van der Waals surface area (Å²) in [6.07, 6.45) is 5.22. The molecule has 2 aromatic rings. The lowest BCUT2D eigenvalue weighted by Gasteiger charge is -2.25. The molecule has 1 fully saturated rings. The van der Waals surface area contributed by atoms with Crippen molar-refractivity contribution in [2.45, 2.75) is 54.7 Å². The fourth-order valence-corrected chi connectivity index (χ4v) is 5.55. The highest BCUT2D eigenvalue weighted by molar-refractivity contribution is 8.00. The van der Waals surface area contributed by atoms with Gasteiger partial charge in [-0.2, -0.15) is 4.31 Å². The largest absolute Gasteiger partial charge is 0.293 e. The van der Waals surface area contributed by atoms with E-state index in [0.717, 1.165) is 25.7 Å². The number of Topliss-reactive ketones (excluding diaryl/α,β-unsaturated/α-hetero) is 1. The molecule has 1 aromatic carbocycles. The van der Waals surface area contributed by atoms with E-state index in [4.69, 9.17) is 0 Å². The first-order valence-corrected chi connectivity index (χ1v) is 12.0. The van der Waals surface area contributed by atoms with Crippen molar-refractivity contribution in [2.24, 2.45) is 0 Å². The molecule has 1 aromatic heterocycles. The molecule has 7 heteroatoms. The summed E-state index contributed by atoms with van der Waals surface area (Å²) in [5, 5.41) is 0.341. The first-order valence-electron chi connectivity index (χ1n) is 9.68. The van der Waals surface area contributed by atoms with E-state index in [0.29, 0.717) is 23.7 Å². The second kappa shape index (κ2) is 9.20. The summed E-state index contributed by atoms with van der Waals surface area (Å²) in [6, 6.07) is 10.9. The van der Waals surface area contributed by atoms with Crippen molar-refractivity contribution in [3.63, 3.8) is 0 Å². The van der Waals surface area contributed by atoms with Crippen molar-refractivity contribution in [1.29, 1.82) is 0 Å². The van der Waals surface area contributed by atoms with Crippen LogP contribution in [0, 0.1) is 0 Å². The number of hydrogen-bond donors (Lipinski definition) is 0. The van der Waals surface area contributed by atoms with E-state index in [1.807, 2.05) is 31.2 Å². The molecule has 1 atom stereocenters. The summed E-state index contributed by atoms with van der Waals surface area (Å²) < 4.78 is 26.9. The van der Waals surface area contributed by atoms with Gasteiger partial charge in [0.05, 0.1) is 10.3 Å². The third-order valence-electron chi connectivity index (χ3n) is 4.98. The molecule has 2 heterocycles. The van der Waals surface area contributed by atoms with E-state index in [9.17, 15) is 13.2 Å². The van der Waals surface area contributed by atoms with Gasteiger partial charge >= 0.3 is 0 Å². The SMILES string of the molecule is CCc1ccc(C(=O)C(C)Sc2ccc(S(=O)(=O)N3CCCCC3)cn2)cc1. The number of aromatic nitrogens is 1. The average molecular weight is 419 g/mol. The van der Waals surface area contributed by atoms with Gasteiger partial charge in [-0.15, -0.1) is 0 Å². The molecule has 0 saturated carbocycles. The summed E-state index contributed by atoms with van der Waals surface area (Å²) in [5.74, 6) is 0.0412.